The third-order valence-electron chi connectivity index (χ3n) is 3.63. The zero-order valence-electron chi connectivity index (χ0n) is 13.7. The van der Waals surface area contributed by atoms with E-state index in [9.17, 15) is 4.79 Å². The van der Waals surface area contributed by atoms with E-state index in [2.05, 4.69) is 0 Å². The predicted octanol–water partition coefficient (Wildman–Crippen LogP) is 1.33. The summed E-state index contributed by atoms with van der Waals surface area (Å²) in [6.07, 6.45) is 4.67. The van der Waals surface area contributed by atoms with Gasteiger partial charge in [-0.15, -0.1) is 0 Å². The molecule has 0 spiro atoms. The molecule has 3 atom stereocenters. The number of rotatable bonds is 6. The molecule has 0 aromatic heterocycles. The van der Waals surface area contributed by atoms with Crippen molar-refractivity contribution in [2.24, 2.45) is 0 Å². The van der Waals surface area contributed by atoms with E-state index in [0.717, 1.165) is 24.6 Å². The molecular formula is C14H21BNO4S. The monoisotopic (exact) mass is 312 g/mol. The van der Waals surface area contributed by atoms with Crippen LogP contribution in [-0.2, 0) is 18.5 Å². The van der Waals surface area contributed by atoms with Crippen molar-refractivity contribution >= 4 is 24.9 Å². The molecule has 1 fully saturated rings. The number of amides is 1. The number of likely N-dealkylation sites (N-methyl/N-ethyl adjacent to an activating group) is 1. The van der Waals surface area contributed by atoms with Crippen LogP contribution in [0.3, 0.4) is 0 Å². The second-order valence-corrected chi connectivity index (χ2v) is 5.95. The van der Waals surface area contributed by atoms with Gasteiger partial charge in [0.1, 0.15) is 12.2 Å². The van der Waals surface area contributed by atoms with Crippen LogP contribution in [0.4, 0.5) is 0 Å². The van der Waals surface area contributed by atoms with E-state index >= 15 is 0 Å². The minimum atomic E-state index is -0.673. The summed E-state index contributed by atoms with van der Waals surface area (Å²) < 4.78 is 24.4. The number of hydrogen-bond acceptors (Lipinski definition) is 5. The van der Waals surface area contributed by atoms with Gasteiger partial charge < -0.3 is 18.6 Å². The molecule has 2 rings (SSSR count). The summed E-state index contributed by atoms with van der Waals surface area (Å²) in [6, 6.07) is -0.265. The van der Waals surface area contributed by atoms with Gasteiger partial charge in [0, 0.05) is 13.1 Å². The van der Waals surface area contributed by atoms with E-state index in [1.165, 1.54) is 0 Å². The number of carbonyl (C=O) groups excluding carboxylic acids is 1. The lowest BCUT2D eigenvalue weighted by molar-refractivity contribution is -0.151. The quantitative estimate of drug-likeness (QED) is 0.547. The Labute approximate surface area is 132 Å². The van der Waals surface area contributed by atoms with E-state index in [1.54, 1.807) is 18.0 Å². The molecule has 0 unspecified atom stereocenters. The van der Waals surface area contributed by atoms with Crippen LogP contribution in [0.1, 0.15) is 20.8 Å². The molecule has 1 saturated heterocycles. The van der Waals surface area contributed by atoms with E-state index < -0.39 is 11.9 Å². The lowest BCUT2D eigenvalue weighted by atomic mass is 9.98. The topological polar surface area (TPSA) is 48.0 Å². The highest BCUT2D eigenvalue weighted by atomic mass is 32.2. The van der Waals surface area contributed by atoms with Crippen molar-refractivity contribution < 1.29 is 18.5 Å². The summed E-state index contributed by atoms with van der Waals surface area (Å²) >= 11 is 0.930. The molecule has 2 heterocycles. The molecule has 0 aromatic carbocycles. The molecule has 0 bridgehead atoms. The van der Waals surface area contributed by atoms with Crippen LogP contribution in [-0.4, -0.2) is 56.9 Å². The van der Waals surface area contributed by atoms with Crippen molar-refractivity contribution in [2.75, 3.05) is 13.7 Å². The smallest absolute Gasteiger partial charge is 0.247 e. The second kappa shape index (κ2) is 6.56. The first-order valence-corrected chi connectivity index (χ1v) is 7.65. The average molecular weight is 312 g/mol. The molecule has 0 aliphatic carbocycles. The molecule has 0 N–H and O–H groups in total. The number of allylic oxidation sites excluding steroid dienone is 1. The van der Waals surface area contributed by atoms with Gasteiger partial charge in [0.05, 0.1) is 12.6 Å². The van der Waals surface area contributed by atoms with Gasteiger partial charge in [0.2, 0.25) is 13.0 Å². The van der Waals surface area contributed by atoms with Gasteiger partial charge in [-0.3, -0.25) is 4.79 Å². The van der Waals surface area contributed by atoms with Gasteiger partial charge in [-0.05, 0) is 27.7 Å². The molecule has 0 aromatic rings. The highest BCUT2D eigenvalue weighted by Gasteiger charge is 2.45. The summed E-state index contributed by atoms with van der Waals surface area (Å²) in [7, 11) is 2.86. The SMILES string of the molecule is [3H][B]SO[C@@H]([C@H]1C(/C=C\C)=CC(=O)N1C)[C@H]1COC(C)(C)O1. The van der Waals surface area contributed by atoms with E-state index in [-0.39, 0.29) is 18.1 Å². The zero-order valence-corrected chi connectivity index (χ0v) is 13.6. The zero-order chi connectivity index (χ0) is 16.3. The van der Waals surface area contributed by atoms with Crippen molar-refractivity contribution in [3.05, 3.63) is 23.8 Å². The van der Waals surface area contributed by atoms with E-state index in [4.69, 9.17) is 15.0 Å². The standard InChI is InChI=1S/C14H21BNO4S/c1-5-6-9-7-11(17)16(4)12(9)13(20-21-15)10-8-18-14(2,3)19-10/h5-7,10,12-13,15H,8H2,1-4H3/b6-5-/t10-,12-,13-/m1/s1/i15T. The van der Waals surface area contributed by atoms with Gasteiger partial charge in [-0.25, -0.2) is 0 Å². The normalized spacial score (nSPS) is 30.7. The van der Waals surface area contributed by atoms with Crippen LogP contribution in [0.15, 0.2) is 23.8 Å². The fraction of sp³-hybridized carbons (Fsp3) is 0.643. The van der Waals surface area contributed by atoms with Gasteiger partial charge in [0.15, 0.2) is 5.79 Å². The summed E-state index contributed by atoms with van der Waals surface area (Å²) in [4.78, 5) is 13.7. The van der Waals surface area contributed by atoms with Crippen LogP contribution in [0, 0.1) is 0 Å². The molecule has 2 aliphatic heterocycles. The average Bonchev–Trinajstić information content (AvgIpc) is 2.94. The Morgan fingerprint density at radius 2 is 2.48 bits per heavy atom. The van der Waals surface area contributed by atoms with Gasteiger partial charge in [-0.1, -0.05) is 24.0 Å². The van der Waals surface area contributed by atoms with Gasteiger partial charge >= 0.3 is 0 Å². The molecular weight excluding hydrogens is 289 g/mol. The van der Waals surface area contributed by atoms with Crippen molar-refractivity contribution in [3.63, 3.8) is 0 Å². The minimum absolute atomic E-state index is 0.0651. The molecule has 1 amide bonds. The van der Waals surface area contributed by atoms with E-state index in [1.807, 2.05) is 32.9 Å². The van der Waals surface area contributed by atoms with Crippen LogP contribution < -0.4 is 0 Å². The summed E-state index contributed by atoms with van der Waals surface area (Å²) in [6.45, 7) is 5.99. The van der Waals surface area contributed by atoms with Crippen molar-refractivity contribution in [3.8, 4) is 0 Å². The Hall–Kier alpha value is -0.755. The number of hydrogen-bond donors (Lipinski definition) is 0. The largest absolute Gasteiger partial charge is 0.348 e. The van der Waals surface area contributed by atoms with E-state index in [0.29, 0.717) is 6.61 Å². The number of nitrogens with zero attached hydrogens (tertiary/aromatic N) is 1. The van der Waals surface area contributed by atoms with Crippen LogP contribution >= 0.6 is 11.9 Å². The highest BCUT2D eigenvalue weighted by molar-refractivity contribution is 8.15. The Morgan fingerprint density at radius 1 is 1.71 bits per heavy atom. The van der Waals surface area contributed by atoms with Crippen LogP contribution in [0.25, 0.3) is 0 Å². The van der Waals surface area contributed by atoms with Gasteiger partial charge in [0.25, 0.3) is 0 Å². The van der Waals surface area contributed by atoms with Crippen molar-refractivity contribution in [2.45, 2.75) is 44.8 Å². The maximum absolute atomic E-state index is 12.0. The second-order valence-electron chi connectivity index (χ2n) is 5.56. The Kier molecular flexibility index (Phi) is 4.73. The number of carbonyl (C=O) groups is 1. The van der Waals surface area contributed by atoms with Crippen LogP contribution in [0.2, 0.25) is 0 Å². The highest BCUT2D eigenvalue weighted by Crippen LogP contribution is 2.33. The van der Waals surface area contributed by atoms with Gasteiger partial charge in [-0.2, -0.15) is 0 Å². The molecule has 115 valence electrons. The molecule has 0 saturated carbocycles. The number of ether oxygens (including phenoxy) is 2. The lowest BCUT2D eigenvalue weighted by Gasteiger charge is -2.33. The molecule has 2 aliphatic rings. The Morgan fingerprint density at radius 3 is 3.05 bits per heavy atom. The Bertz CT molecular complexity index is 485. The fourth-order valence-electron chi connectivity index (χ4n) is 2.70. The summed E-state index contributed by atoms with van der Waals surface area (Å²) in [5.41, 5.74) is 0.874. The van der Waals surface area contributed by atoms with Crippen LogP contribution in [0.5, 0.6) is 0 Å². The third kappa shape index (κ3) is 3.53. The lowest BCUT2D eigenvalue weighted by Crippen LogP contribution is -2.48. The molecule has 1 radical (unpaired) electrons. The summed E-state index contributed by atoms with van der Waals surface area (Å²) in [5.74, 6) is -0.738. The first kappa shape index (κ1) is 15.2. The third-order valence-corrected chi connectivity index (χ3v) is 3.96. The predicted molar refractivity (Wildman–Crippen MR) is 84.0 cm³/mol. The Balaban J connectivity index is 2.24. The maximum Gasteiger partial charge on any atom is 0.247 e. The summed E-state index contributed by atoms with van der Waals surface area (Å²) in [5, 5.41) is 0. The fourth-order valence-corrected chi connectivity index (χ4v) is 3.06. The minimum Gasteiger partial charge on any atom is -0.348 e. The van der Waals surface area contributed by atoms with Crippen molar-refractivity contribution in [1.82, 2.24) is 4.90 Å². The maximum atomic E-state index is 12.0. The first-order valence-electron chi connectivity index (χ1n) is 7.42. The molecule has 5 nitrogen and oxygen atoms in total. The molecule has 7 heteroatoms. The van der Waals surface area contributed by atoms with Crippen molar-refractivity contribution in [1.29, 1.82) is 1.34 Å². The first-order chi connectivity index (χ1) is 10.4. The molecule has 21 heavy (non-hydrogen) atoms.